The molecule has 0 saturated heterocycles. The van der Waals surface area contributed by atoms with Crippen LogP contribution in [0.3, 0.4) is 0 Å². The van der Waals surface area contributed by atoms with Gasteiger partial charge in [0.25, 0.3) is 0 Å². The van der Waals surface area contributed by atoms with E-state index in [2.05, 4.69) is 125 Å². The molecule has 42 heavy (non-hydrogen) atoms. The Kier molecular flexibility index (Phi) is 3.95. The van der Waals surface area contributed by atoms with Crippen LogP contribution in [0.1, 0.15) is 22.5 Å². The number of hydrogen-bond acceptors (Lipinski definition) is 2. The number of ether oxygens (including phenoxy) is 2. The van der Waals surface area contributed by atoms with E-state index < -0.39 is 5.66 Å². The molecule has 0 fully saturated rings. The maximum Gasteiger partial charge on any atom is 0.452 e. The van der Waals surface area contributed by atoms with E-state index in [0.717, 1.165) is 39.9 Å². The summed E-state index contributed by atoms with van der Waals surface area (Å²) in [4.78, 5) is 0. The van der Waals surface area contributed by atoms with Crippen LogP contribution >= 0.6 is 0 Å². The van der Waals surface area contributed by atoms with Gasteiger partial charge in [0.15, 0.2) is 23.1 Å². The number of rotatable bonds is 1. The largest absolute Gasteiger partial charge is 0.455 e. The van der Waals surface area contributed by atoms with Crippen molar-refractivity contribution in [2.24, 2.45) is 0 Å². The lowest BCUT2D eigenvalue weighted by Crippen LogP contribution is -2.76. The van der Waals surface area contributed by atoms with Crippen LogP contribution in [-0.4, -0.2) is 4.68 Å². The second-order valence-corrected chi connectivity index (χ2v) is 11.5. The number of aromatic nitrogens is 3. The molecule has 0 radical (unpaired) electrons. The van der Waals surface area contributed by atoms with Gasteiger partial charge in [-0.25, -0.2) is 0 Å². The molecule has 10 rings (SSSR count). The monoisotopic (exact) mass is 543 g/mol. The van der Waals surface area contributed by atoms with E-state index in [1.54, 1.807) is 0 Å². The molecule has 2 aromatic heterocycles. The second kappa shape index (κ2) is 7.45. The second-order valence-electron chi connectivity index (χ2n) is 11.5. The van der Waals surface area contributed by atoms with E-state index in [9.17, 15) is 0 Å². The Morgan fingerprint density at radius 3 is 2.19 bits per heavy atom. The van der Waals surface area contributed by atoms with Crippen LogP contribution in [0.2, 0.25) is 0 Å². The van der Waals surface area contributed by atoms with Gasteiger partial charge >= 0.3 is 11.5 Å². The van der Waals surface area contributed by atoms with Gasteiger partial charge in [-0.15, -0.1) is 4.68 Å². The maximum atomic E-state index is 6.60. The first-order valence-electron chi connectivity index (χ1n) is 14.4. The lowest BCUT2D eigenvalue weighted by molar-refractivity contribution is -0.999. The zero-order chi connectivity index (χ0) is 27.7. The minimum atomic E-state index is -0.713. The third-order valence-corrected chi connectivity index (χ3v) is 9.40. The number of benzene rings is 5. The molecule has 1 spiro atoms. The summed E-state index contributed by atoms with van der Waals surface area (Å²) < 4.78 is 20.3. The van der Waals surface area contributed by atoms with Crippen LogP contribution in [0.25, 0.3) is 38.4 Å². The van der Waals surface area contributed by atoms with Gasteiger partial charge in [-0.2, -0.15) is 0 Å². The molecule has 5 aromatic carbocycles. The van der Waals surface area contributed by atoms with Crippen molar-refractivity contribution in [1.29, 1.82) is 0 Å². The Morgan fingerprint density at radius 1 is 0.643 bits per heavy atom. The fraction of sp³-hybridized carbons (Fsp3) is 0.0811. The van der Waals surface area contributed by atoms with Crippen LogP contribution < -0.4 is 18.7 Å². The smallest absolute Gasteiger partial charge is 0.452 e. The van der Waals surface area contributed by atoms with Crippen molar-refractivity contribution >= 4 is 21.5 Å². The number of hydrogen-bond donors (Lipinski definition) is 0. The van der Waals surface area contributed by atoms with Gasteiger partial charge in [-0.05, 0) is 81.2 Å². The summed E-state index contributed by atoms with van der Waals surface area (Å²) in [5, 5.41) is 5.00. The van der Waals surface area contributed by atoms with Crippen molar-refractivity contribution in [3.05, 3.63) is 138 Å². The van der Waals surface area contributed by atoms with E-state index in [1.807, 2.05) is 18.2 Å². The first kappa shape index (κ1) is 22.3. The fourth-order valence-electron chi connectivity index (χ4n) is 7.87. The molecule has 0 aliphatic carbocycles. The molecular formula is C37H25N3O2+2. The molecule has 0 amide bonds. The van der Waals surface area contributed by atoms with Crippen molar-refractivity contribution < 1.29 is 18.7 Å². The summed E-state index contributed by atoms with van der Waals surface area (Å²) in [6.07, 6.45) is 2.13. The van der Waals surface area contributed by atoms with Gasteiger partial charge < -0.3 is 9.47 Å². The molecule has 1 atom stereocenters. The van der Waals surface area contributed by atoms with Gasteiger partial charge in [0.1, 0.15) is 17.2 Å². The number of fused-ring (bicyclic) bond motifs is 5. The average Bonchev–Trinajstić information content (AvgIpc) is 3.47. The molecule has 5 heteroatoms. The SMILES string of the molecule is Cc1c(-c2cccc3cc4ccccc4cc23)c(C)[n+]2n1-c1cccc3c1C21c2c(cccc2Oc2cccc[n+]21)O3. The van der Waals surface area contributed by atoms with Crippen molar-refractivity contribution in [1.82, 2.24) is 4.68 Å². The molecule has 5 heterocycles. The van der Waals surface area contributed by atoms with Gasteiger partial charge in [-0.1, -0.05) is 59.2 Å². The zero-order valence-electron chi connectivity index (χ0n) is 23.1. The summed E-state index contributed by atoms with van der Waals surface area (Å²) in [5.41, 5.74) is 7.42. The van der Waals surface area contributed by atoms with Crippen LogP contribution in [0, 0.1) is 13.8 Å². The third-order valence-electron chi connectivity index (χ3n) is 9.40. The normalized spacial score (nSPS) is 16.8. The molecule has 7 aromatic rings. The van der Waals surface area contributed by atoms with Crippen molar-refractivity contribution in [3.8, 4) is 39.9 Å². The van der Waals surface area contributed by atoms with Crippen LogP contribution in [0.15, 0.2) is 115 Å². The minimum absolute atomic E-state index is 0.713. The molecule has 198 valence electrons. The number of nitrogens with zero attached hydrogens (tertiary/aromatic N) is 3. The lowest BCUT2D eigenvalue weighted by atomic mass is 9.84. The summed E-state index contributed by atoms with van der Waals surface area (Å²) in [5.74, 6) is 3.30. The Balaban J connectivity index is 1.38. The summed E-state index contributed by atoms with van der Waals surface area (Å²) in [6, 6.07) is 38.6. The van der Waals surface area contributed by atoms with Crippen molar-refractivity contribution in [2.45, 2.75) is 19.5 Å². The van der Waals surface area contributed by atoms with Gasteiger partial charge in [0.2, 0.25) is 5.69 Å². The molecule has 1 unspecified atom stereocenters. The first-order valence-corrected chi connectivity index (χ1v) is 14.4. The molecule has 3 aliphatic heterocycles. The van der Waals surface area contributed by atoms with E-state index in [1.165, 1.54) is 44.1 Å². The predicted molar refractivity (Wildman–Crippen MR) is 161 cm³/mol. The Bertz CT molecular complexity index is 2340. The first-order chi connectivity index (χ1) is 20.7. The summed E-state index contributed by atoms with van der Waals surface area (Å²) in [6.45, 7) is 4.51. The number of pyridine rings is 1. The van der Waals surface area contributed by atoms with Crippen LogP contribution in [0.5, 0.6) is 23.1 Å². The van der Waals surface area contributed by atoms with E-state index in [-0.39, 0.29) is 0 Å². The molecular weight excluding hydrogens is 518 g/mol. The molecule has 0 bridgehead atoms. The molecule has 0 N–H and O–H groups in total. The molecule has 3 aliphatic rings. The van der Waals surface area contributed by atoms with Gasteiger partial charge in [-0.3, -0.25) is 0 Å². The van der Waals surface area contributed by atoms with Gasteiger partial charge in [0, 0.05) is 13.0 Å². The highest BCUT2D eigenvalue weighted by atomic mass is 16.5. The van der Waals surface area contributed by atoms with Crippen LogP contribution in [-0.2, 0) is 5.66 Å². The third kappa shape index (κ3) is 2.43. The van der Waals surface area contributed by atoms with Crippen LogP contribution in [0.4, 0.5) is 0 Å². The van der Waals surface area contributed by atoms with Crippen molar-refractivity contribution in [2.75, 3.05) is 0 Å². The Labute approximate surface area is 242 Å². The predicted octanol–water partition coefficient (Wildman–Crippen LogP) is 7.47. The van der Waals surface area contributed by atoms with Crippen molar-refractivity contribution in [3.63, 3.8) is 0 Å². The highest BCUT2D eigenvalue weighted by molar-refractivity contribution is 6.05. The molecule has 0 saturated carbocycles. The summed E-state index contributed by atoms with van der Waals surface area (Å²) in [7, 11) is 0. The minimum Gasteiger partial charge on any atom is -0.455 e. The average molecular weight is 544 g/mol. The standard InChI is InChI=1S/C37H25N3O2/c1-22-34(27-13-7-12-26-20-24-10-3-4-11-25(24)21-28(26)27)23(2)40-37-35-29(39(22)40)14-8-15-30(35)41-31-16-9-17-32(36(31)37)42-33-18-5-6-19-38(33)37/h3-21H,1-2H3/q+2. The Morgan fingerprint density at radius 2 is 1.33 bits per heavy atom. The fourth-order valence-corrected chi connectivity index (χ4v) is 7.87. The maximum absolute atomic E-state index is 6.60. The van der Waals surface area contributed by atoms with E-state index in [4.69, 9.17) is 9.47 Å². The highest BCUT2D eigenvalue weighted by Crippen LogP contribution is 2.56. The van der Waals surface area contributed by atoms with Gasteiger partial charge in [0.05, 0.1) is 17.3 Å². The quantitative estimate of drug-likeness (QED) is 0.159. The van der Waals surface area contributed by atoms with E-state index in [0.29, 0.717) is 0 Å². The lowest BCUT2D eigenvalue weighted by Gasteiger charge is -2.31. The zero-order valence-corrected chi connectivity index (χ0v) is 23.1. The molecule has 5 nitrogen and oxygen atoms in total. The Hall–Kier alpha value is -5.42. The topological polar surface area (TPSA) is 31.1 Å². The van der Waals surface area contributed by atoms with E-state index >= 15 is 0 Å². The highest BCUT2D eigenvalue weighted by Gasteiger charge is 2.72. The summed E-state index contributed by atoms with van der Waals surface area (Å²) >= 11 is 0.